The second kappa shape index (κ2) is 6.24. The Labute approximate surface area is 150 Å². The molecule has 4 rings (SSSR count). The molecule has 0 bridgehead atoms. The van der Waals surface area contributed by atoms with E-state index in [-0.39, 0.29) is 10.9 Å². The summed E-state index contributed by atoms with van der Waals surface area (Å²) in [6, 6.07) is 4.56. The smallest absolute Gasteiger partial charge is 0.314 e. The SMILES string of the molecule is Fc1ccc(C2(Nc3ncc(-c4nnc(C(F)F)o4)cn3)CC2)cc1Cl. The number of hydrogen-bond donors (Lipinski definition) is 1. The lowest BCUT2D eigenvalue weighted by Gasteiger charge is -2.18. The van der Waals surface area contributed by atoms with Crippen molar-refractivity contribution >= 4 is 17.5 Å². The largest absolute Gasteiger partial charge is 0.415 e. The van der Waals surface area contributed by atoms with Gasteiger partial charge in [-0.1, -0.05) is 17.7 Å². The van der Waals surface area contributed by atoms with Crippen molar-refractivity contribution in [3.63, 3.8) is 0 Å². The van der Waals surface area contributed by atoms with E-state index < -0.39 is 23.7 Å². The van der Waals surface area contributed by atoms with Crippen LogP contribution in [0, 0.1) is 5.82 Å². The van der Waals surface area contributed by atoms with Gasteiger partial charge in [0.15, 0.2) is 0 Å². The molecule has 0 unspecified atom stereocenters. The number of alkyl halides is 2. The molecule has 2 aromatic heterocycles. The molecule has 134 valence electrons. The Kier molecular flexibility index (Phi) is 4.03. The van der Waals surface area contributed by atoms with Gasteiger partial charge in [-0.25, -0.2) is 14.4 Å². The van der Waals surface area contributed by atoms with Gasteiger partial charge in [-0.2, -0.15) is 8.78 Å². The Morgan fingerprint density at radius 3 is 2.46 bits per heavy atom. The van der Waals surface area contributed by atoms with Crippen LogP contribution in [0.3, 0.4) is 0 Å². The van der Waals surface area contributed by atoms with Crippen LogP contribution in [-0.4, -0.2) is 20.2 Å². The summed E-state index contributed by atoms with van der Waals surface area (Å²) in [6.45, 7) is 0. The maximum Gasteiger partial charge on any atom is 0.314 e. The molecule has 3 aromatic rings. The van der Waals surface area contributed by atoms with E-state index in [1.807, 2.05) is 0 Å². The normalized spacial score (nSPS) is 15.3. The van der Waals surface area contributed by atoms with E-state index in [0.29, 0.717) is 11.5 Å². The monoisotopic (exact) mass is 381 g/mol. The minimum Gasteiger partial charge on any atom is -0.415 e. The summed E-state index contributed by atoms with van der Waals surface area (Å²) in [5.74, 6) is -0.986. The molecule has 0 spiro atoms. The molecule has 1 aromatic carbocycles. The number of hydrogen-bond acceptors (Lipinski definition) is 6. The molecular formula is C16H11ClF3N5O. The van der Waals surface area contributed by atoms with Gasteiger partial charge in [-0.3, -0.25) is 0 Å². The van der Waals surface area contributed by atoms with E-state index in [0.717, 1.165) is 18.4 Å². The molecule has 0 saturated heterocycles. The Morgan fingerprint density at radius 2 is 1.88 bits per heavy atom. The Morgan fingerprint density at radius 1 is 1.15 bits per heavy atom. The minimum atomic E-state index is -2.84. The van der Waals surface area contributed by atoms with E-state index in [2.05, 4.69) is 25.5 Å². The molecule has 1 fully saturated rings. The molecule has 1 saturated carbocycles. The maximum atomic E-state index is 13.3. The highest BCUT2D eigenvalue weighted by Gasteiger charge is 2.45. The molecule has 1 aliphatic rings. The number of anilines is 1. The highest BCUT2D eigenvalue weighted by Crippen LogP contribution is 2.48. The summed E-state index contributed by atoms with van der Waals surface area (Å²) < 4.78 is 43.2. The first-order valence-electron chi connectivity index (χ1n) is 7.64. The van der Waals surface area contributed by atoms with Crippen molar-refractivity contribution in [1.82, 2.24) is 20.2 Å². The van der Waals surface area contributed by atoms with Crippen molar-refractivity contribution in [2.75, 3.05) is 5.32 Å². The van der Waals surface area contributed by atoms with Crippen LogP contribution in [0.2, 0.25) is 5.02 Å². The number of rotatable bonds is 5. The third kappa shape index (κ3) is 3.10. The summed E-state index contributed by atoms with van der Waals surface area (Å²) in [4.78, 5) is 8.31. The fourth-order valence-electron chi connectivity index (χ4n) is 2.56. The van der Waals surface area contributed by atoms with Crippen LogP contribution >= 0.6 is 11.6 Å². The zero-order chi connectivity index (χ0) is 18.3. The van der Waals surface area contributed by atoms with Gasteiger partial charge in [0, 0.05) is 12.4 Å². The lowest BCUT2D eigenvalue weighted by Crippen LogP contribution is -2.20. The van der Waals surface area contributed by atoms with Crippen LogP contribution < -0.4 is 5.32 Å². The van der Waals surface area contributed by atoms with Crippen LogP contribution in [0.5, 0.6) is 0 Å². The van der Waals surface area contributed by atoms with Gasteiger partial charge in [0.25, 0.3) is 11.8 Å². The molecule has 2 heterocycles. The van der Waals surface area contributed by atoms with E-state index in [9.17, 15) is 13.2 Å². The minimum absolute atomic E-state index is 0.0538. The Balaban J connectivity index is 1.53. The fraction of sp³-hybridized carbons (Fsp3) is 0.250. The highest BCUT2D eigenvalue weighted by atomic mass is 35.5. The standard InChI is InChI=1S/C16H11ClF3N5O/c17-10-5-9(1-2-11(10)18)16(3-4-16)23-15-21-6-8(7-22-15)13-24-25-14(26-13)12(19)20/h1-2,5-7,12H,3-4H2,(H,21,22,23). The van der Waals surface area contributed by atoms with E-state index >= 15 is 0 Å². The van der Waals surface area contributed by atoms with Crippen molar-refractivity contribution in [3.05, 3.63) is 52.9 Å². The predicted octanol–water partition coefficient (Wildman–Crippen LogP) is 4.36. The zero-order valence-corrected chi connectivity index (χ0v) is 13.8. The predicted molar refractivity (Wildman–Crippen MR) is 86.2 cm³/mol. The lowest BCUT2D eigenvalue weighted by atomic mass is 10.1. The molecule has 0 amide bonds. The average Bonchev–Trinajstić information content (AvgIpc) is 3.22. The van der Waals surface area contributed by atoms with Gasteiger partial charge in [0.05, 0.1) is 16.1 Å². The van der Waals surface area contributed by atoms with Crippen LogP contribution in [0.4, 0.5) is 19.1 Å². The fourth-order valence-corrected chi connectivity index (χ4v) is 2.74. The van der Waals surface area contributed by atoms with Crippen LogP contribution in [0.25, 0.3) is 11.5 Å². The number of aromatic nitrogens is 4. The molecule has 26 heavy (non-hydrogen) atoms. The highest BCUT2D eigenvalue weighted by molar-refractivity contribution is 6.30. The first-order chi connectivity index (χ1) is 12.5. The third-order valence-electron chi connectivity index (χ3n) is 4.10. The molecule has 10 heteroatoms. The van der Waals surface area contributed by atoms with Gasteiger partial charge in [-0.05, 0) is 30.5 Å². The molecule has 6 nitrogen and oxygen atoms in total. The maximum absolute atomic E-state index is 13.3. The summed E-state index contributed by atoms with van der Waals surface area (Å²) in [5, 5.41) is 10.1. The number of benzene rings is 1. The molecule has 1 N–H and O–H groups in total. The first kappa shape index (κ1) is 16.8. The van der Waals surface area contributed by atoms with E-state index in [1.165, 1.54) is 18.5 Å². The van der Waals surface area contributed by atoms with Crippen molar-refractivity contribution in [2.45, 2.75) is 24.8 Å². The zero-order valence-electron chi connectivity index (χ0n) is 13.1. The van der Waals surface area contributed by atoms with Crippen molar-refractivity contribution in [2.24, 2.45) is 0 Å². The topological polar surface area (TPSA) is 76.7 Å². The van der Waals surface area contributed by atoms with Gasteiger partial charge in [0.1, 0.15) is 5.82 Å². The Hall–Kier alpha value is -2.68. The van der Waals surface area contributed by atoms with Crippen molar-refractivity contribution < 1.29 is 17.6 Å². The molecule has 0 atom stereocenters. The molecule has 0 radical (unpaired) electrons. The van der Waals surface area contributed by atoms with E-state index in [4.69, 9.17) is 16.0 Å². The average molecular weight is 382 g/mol. The molecular weight excluding hydrogens is 371 g/mol. The van der Waals surface area contributed by atoms with Crippen LogP contribution in [0.15, 0.2) is 35.0 Å². The Bertz CT molecular complexity index is 943. The molecule has 1 aliphatic carbocycles. The van der Waals surface area contributed by atoms with Gasteiger partial charge < -0.3 is 9.73 Å². The lowest BCUT2D eigenvalue weighted by molar-refractivity contribution is 0.116. The quantitative estimate of drug-likeness (QED) is 0.707. The summed E-state index contributed by atoms with van der Waals surface area (Å²) in [6.07, 6.45) is 1.59. The second-order valence-corrected chi connectivity index (χ2v) is 6.28. The van der Waals surface area contributed by atoms with Gasteiger partial charge in [-0.15, -0.1) is 10.2 Å². The van der Waals surface area contributed by atoms with Crippen molar-refractivity contribution in [1.29, 1.82) is 0 Å². The summed E-state index contributed by atoms with van der Waals surface area (Å²) in [7, 11) is 0. The number of halogens is 4. The summed E-state index contributed by atoms with van der Waals surface area (Å²) in [5.41, 5.74) is 0.770. The second-order valence-electron chi connectivity index (χ2n) is 5.88. The number of nitrogens with zero attached hydrogens (tertiary/aromatic N) is 4. The van der Waals surface area contributed by atoms with E-state index in [1.54, 1.807) is 12.1 Å². The first-order valence-corrected chi connectivity index (χ1v) is 8.02. The van der Waals surface area contributed by atoms with Crippen LogP contribution in [-0.2, 0) is 5.54 Å². The third-order valence-corrected chi connectivity index (χ3v) is 4.39. The van der Waals surface area contributed by atoms with Gasteiger partial charge in [0.2, 0.25) is 5.95 Å². The summed E-state index contributed by atoms with van der Waals surface area (Å²) >= 11 is 5.85. The van der Waals surface area contributed by atoms with Gasteiger partial charge >= 0.3 is 6.43 Å². The van der Waals surface area contributed by atoms with Crippen molar-refractivity contribution in [3.8, 4) is 11.5 Å². The molecule has 0 aliphatic heterocycles. The number of nitrogens with one attached hydrogen (secondary N) is 1. The van der Waals surface area contributed by atoms with Crippen LogP contribution in [0.1, 0.15) is 30.7 Å².